The van der Waals surface area contributed by atoms with Crippen molar-refractivity contribution < 1.29 is 9.53 Å². The molecule has 0 aliphatic rings. The first-order valence-electron chi connectivity index (χ1n) is 7.22. The standard InChI is InChI=1S/C14H25N3O2S/c1-3-4-9-19-10-5-7-15-14(18)16-8-6-13-11-20-12(2)17-13/h11H,3-10H2,1-2H3,(H2,15,16,18). The molecule has 0 unspecified atom stereocenters. The third-order valence-corrected chi connectivity index (χ3v) is 3.55. The maximum absolute atomic E-state index is 11.5. The normalized spacial score (nSPS) is 10.5. The lowest BCUT2D eigenvalue weighted by Crippen LogP contribution is -2.37. The molecule has 0 bridgehead atoms. The van der Waals surface area contributed by atoms with E-state index in [9.17, 15) is 4.79 Å². The fourth-order valence-electron chi connectivity index (χ4n) is 1.61. The van der Waals surface area contributed by atoms with Gasteiger partial charge in [-0.15, -0.1) is 11.3 Å². The van der Waals surface area contributed by atoms with Crippen LogP contribution in [0.1, 0.15) is 36.9 Å². The van der Waals surface area contributed by atoms with Gasteiger partial charge in [0.15, 0.2) is 0 Å². The van der Waals surface area contributed by atoms with Gasteiger partial charge in [0.2, 0.25) is 0 Å². The van der Waals surface area contributed by atoms with Crippen LogP contribution in [0.25, 0.3) is 0 Å². The maximum atomic E-state index is 11.5. The first-order chi connectivity index (χ1) is 9.72. The summed E-state index contributed by atoms with van der Waals surface area (Å²) in [6.45, 7) is 6.91. The number of hydrogen-bond donors (Lipinski definition) is 2. The Morgan fingerprint density at radius 3 is 2.75 bits per heavy atom. The van der Waals surface area contributed by atoms with Gasteiger partial charge in [-0.3, -0.25) is 0 Å². The summed E-state index contributed by atoms with van der Waals surface area (Å²) < 4.78 is 5.42. The van der Waals surface area contributed by atoms with Crippen molar-refractivity contribution in [2.24, 2.45) is 0 Å². The number of carbonyl (C=O) groups excluding carboxylic acids is 1. The molecule has 0 fully saturated rings. The quantitative estimate of drug-likeness (QED) is 0.653. The summed E-state index contributed by atoms with van der Waals surface area (Å²) in [5.41, 5.74) is 1.04. The molecule has 1 heterocycles. The van der Waals surface area contributed by atoms with Crippen LogP contribution in [0.2, 0.25) is 0 Å². The summed E-state index contributed by atoms with van der Waals surface area (Å²) in [6.07, 6.45) is 3.88. The van der Waals surface area contributed by atoms with Gasteiger partial charge in [-0.2, -0.15) is 0 Å². The van der Waals surface area contributed by atoms with E-state index in [0.717, 1.165) is 43.0 Å². The monoisotopic (exact) mass is 299 g/mol. The summed E-state index contributed by atoms with van der Waals surface area (Å²) in [7, 11) is 0. The molecule has 0 saturated carbocycles. The minimum Gasteiger partial charge on any atom is -0.381 e. The number of ether oxygens (including phenoxy) is 1. The molecule has 5 nitrogen and oxygen atoms in total. The third kappa shape index (κ3) is 8.12. The number of aryl methyl sites for hydroxylation is 1. The number of rotatable bonds is 10. The molecule has 1 rings (SSSR count). The minimum atomic E-state index is -0.120. The van der Waals surface area contributed by atoms with Crippen LogP contribution in [0.4, 0.5) is 4.79 Å². The van der Waals surface area contributed by atoms with Gasteiger partial charge >= 0.3 is 6.03 Å². The highest BCUT2D eigenvalue weighted by molar-refractivity contribution is 7.09. The predicted molar refractivity (Wildman–Crippen MR) is 82.3 cm³/mol. The summed E-state index contributed by atoms with van der Waals surface area (Å²) >= 11 is 1.63. The molecule has 6 heteroatoms. The average molecular weight is 299 g/mol. The summed E-state index contributed by atoms with van der Waals surface area (Å²) in [5.74, 6) is 0. The molecule has 114 valence electrons. The molecule has 0 aliphatic carbocycles. The predicted octanol–water partition coefficient (Wildman–Crippen LogP) is 2.50. The van der Waals surface area contributed by atoms with Gasteiger partial charge in [-0.05, 0) is 19.8 Å². The van der Waals surface area contributed by atoms with E-state index >= 15 is 0 Å². The van der Waals surface area contributed by atoms with Crippen LogP contribution in [0.3, 0.4) is 0 Å². The lowest BCUT2D eigenvalue weighted by molar-refractivity contribution is 0.129. The number of thiazole rings is 1. The number of nitrogens with one attached hydrogen (secondary N) is 2. The Morgan fingerprint density at radius 1 is 1.30 bits per heavy atom. The Hall–Kier alpha value is -1.14. The first-order valence-corrected chi connectivity index (χ1v) is 8.10. The molecule has 1 aromatic heterocycles. The SMILES string of the molecule is CCCCOCCCNC(=O)NCCc1csc(C)n1. The second-order valence-corrected chi connectivity index (χ2v) is 5.67. The lowest BCUT2D eigenvalue weighted by atomic mass is 10.3. The highest BCUT2D eigenvalue weighted by Crippen LogP contribution is 2.07. The second-order valence-electron chi connectivity index (χ2n) is 4.61. The zero-order valence-electron chi connectivity index (χ0n) is 12.4. The molecule has 0 atom stereocenters. The van der Waals surface area contributed by atoms with E-state index in [1.54, 1.807) is 11.3 Å². The van der Waals surface area contributed by atoms with E-state index in [0.29, 0.717) is 19.7 Å². The van der Waals surface area contributed by atoms with Crippen LogP contribution in [0, 0.1) is 6.92 Å². The van der Waals surface area contributed by atoms with Crippen molar-refractivity contribution >= 4 is 17.4 Å². The molecule has 20 heavy (non-hydrogen) atoms. The smallest absolute Gasteiger partial charge is 0.314 e. The van der Waals surface area contributed by atoms with Crippen molar-refractivity contribution in [2.45, 2.75) is 39.5 Å². The number of aromatic nitrogens is 1. The number of hydrogen-bond acceptors (Lipinski definition) is 4. The fourth-order valence-corrected chi connectivity index (χ4v) is 2.26. The number of nitrogens with zero attached hydrogens (tertiary/aromatic N) is 1. The van der Waals surface area contributed by atoms with Gasteiger partial charge < -0.3 is 15.4 Å². The molecule has 0 aliphatic heterocycles. The molecule has 2 N–H and O–H groups in total. The Kier molecular flexibility index (Phi) is 8.98. The van der Waals surface area contributed by atoms with Crippen LogP contribution in [0.5, 0.6) is 0 Å². The summed E-state index contributed by atoms with van der Waals surface area (Å²) in [5, 5.41) is 8.74. The van der Waals surface area contributed by atoms with Crippen molar-refractivity contribution in [1.29, 1.82) is 0 Å². The lowest BCUT2D eigenvalue weighted by Gasteiger charge is -2.07. The molecule has 0 saturated heterocycles. The average Bonchev–Trinajstić information content (AvgIpc) is 2.83. The minimum absolute atomic E-state index is 0.120. The second kappa shape index (κ2) is 10.6. The summed E-state index contributed by atoms with van der Waals surface area (Å²) in [4.78, 5) is 15.8. The van der Waals surface area contributed by atoms with Crippen molar-refractivity contribution in [1.82, 2.24) is 15.6 Å². The Labute approximate surface area is 125 Å². The van der Waals surface area contributed by atoms with Crippen LogP contribution >= 0.6 is 11.3 Å². The Morgan fingerprint density at radius 2 is 2.05 bits per heavy atom. The van der Waals surface area contributed by atoms with E-state index in [4.69, 9.17) is 4.74 Å². The molecule has 0 spiro atoms. The van der Waals surface area contributed by atoms with Crippen molar-refractivity contribution in [3.63, 3.8) is 0 Å². The van der Waals surface area contributed by atoms with Gasteiger partial charge in [0, 0.05) is 38.1 Å². The zero-order chi connectivity index (χ0) is 14.6. The molecule has 2 amide bonds. The third-order valence-electron chi connectivity index (χ3n) is 2.73. The number of amides is 2. The van der Waals surface area contributed by atoms with Crippen molar-refractivity contribution in [2.75, 3.05) is 26.3 Å². The Balaban J connectivity index is 1.92. The van der Waals surface area contributed by atoms with E-state index in [1.165, 1.54) is 0 Å². The first kappa shape index (κ1) is 16.9. The molecule has 0 aromatic carbocycles. The fraction of sp³-hybridized carbons (Fsp3) is 0.714. The molecular formula is C14H25N3O2S. The topological polar surface area (TPSA) is 63.2 Å². The number of urea groups is 1. The van der Waals surface area contributed by atoms with Gasteiger partial charge in [0.25, 0.3) is 0 Å². The van der Waals surface area contributed by atoms with E-state index in [1.807, 2.05) is 12.3 Å². The number of carbonyl (C=O) groups is 1. The van der Waals surface area contributed by atoms with Gasteiger partial charge in [-0.25, -0.2) is 9.78 Å². The van der Waals surface area contributed by atoms with E-state index in [2.05, 4.69) is 22.5 Å². The highest BCUT2D eigenvalue weighted by atomic mass is 32.1. The molecular weight excluding hydrogens is 274 g/mol. The Bertz CT molecular complexity index is 382. The van der Waals surface area contributed by atoms with Crippen molar-refractivity contribution in [3.05, 3.63) is 16.1 Å². The number of unbranched alkanes of at least 4 members (excludes halogenated alkanes) is 1. The van der Waals surface area contributed by atoms with Crippen LogP contribution in [-0.2, 0) is 11.2 Å². The van der Waals surface area contributed by atoms with E-state index < -0.39 is 0 Å². The van der Waals surface area contributed by atoms with Crippen LogP contribution in [-0.4, -0.2) is 37.3 Å². The van der Waals surface area contributed by atoms with Gasteiger partial charge in [0.1, 0.15) is 0 Å². The van der Waals surface area contributed by atoms with Crippen molar-refractivity contribution in [3.8, 4) is 0 Å². The largest absolute Gasteiger partial charge is 0.381 e. The van der Waals surface area contributed by atoms with Gasteiger partial charge in [-0.1, -0.05) is 13.3 Å². The molecule has 0 radical (unpaired) electrons. The maximum Gasteiger partial charge on any atom is 0.314 e. The van der Waals surface area contributed by atoms with E-state index in [-0.39, 0.29) is 6.03 Å². The molecule has 1 aromatic rings. The van der Waals surface area contributed by atoms with Gasteiger partial charge in [0.05, 0.1) is 10.7 Å². The van der Waals surface area contributed by atoms with Crippen LogP contribution in [0.15, 0.2) is 5.38 Å². The summed E-state index contributed by atoms with van der Waals surface area (Å²) in [6, 6.07) is -0.120. The zero-order valence-corrected chi connectivity index (χ0v) is 13.2. The highest BCUT2D eigenvalue weighted by Gasteiger charge is 2.01. The van der Waals surface area contributed by atoms with Crippen LogP contribution < -0.4 is 10.6 Å².